The van der Waals surface area contributed by atoms with E-state index in [9.17, 15) is 59.1 Å². The smallest absolute Gasteiger partial charge is 0.191 e. The van der Waals surface area contributed by atoms with E-state index in [1.807, 2.05) is 0 Å². The molecule has 0 bridgehead atoms. The van der Waals surface area contributed by atoms with E-state index in [0.717, 1.165) is 53.0 Å². The van der Waals surface area contributed by atoms with Crippen LogP contribution in [-0.2, 0) is 14.2 Å². The van der Waals surface area contributed by atoms with E-state index >= 15 is 0 Å². The largest absolute Gasteiger partial charge is 0.394 e. The molecule has 108 heavy (non-hydrogen) atoms. The summed E-state index contributed by atoms with van der Waals surface area (Å²) in [7, 11) is 0. The maximum absolute atomic E-state index is 14.4. The van der Waals surface area contributed by atoms with Gasteiger partial charge >= 0.3 is 0 Å². The number of anilines is 3. The lowest BCUT2D eigenvalue weighted by Crippen LogP contribution is -2.33. The van der Waals surface area contributed by atoms with E-state index in [1.54, 1.807) is 13.8 Å². The van der Waals surface area contributed by atoms with Gasteiger partial charge in [0.05, 0.1) is 91.0 Å². The molecule has 3 aromatic carbocycles. The van der Waals surface area contributed by atoms with Crippen LogP contribution in [0, 0.1) is 38.2 Å². The Morgan fingerprint density at radius 1 is 0.472 bits per heavy atom. The van der Waals surface area contributed by atoms with E-state index in [1.165, 1.54) is 43.3 Å². The fourth-order valence-corrected chi connectivity index (χ4v) is 13.8. The fraction of sp³-hybridized carbons (Fsp3) is 0.583. The molecule has 6 aromatic heterocycles. The number of aromatic nitrogens is 15. The van der Waals surface area contributed by atoms with Gasteiger partial charge in [-0.3, -0.25) is 0 Å². The molecule has 582 valence electrons. The minimum Gasteiger partial charge on any atom is -0.394 e. The number of nitrogens with zero attached hydrogens (tertiary/aromatic N) is 15. The number of nitrogens with one attached hydrogen (secondary N) is 3. The number of hydrogen-bond donors (Lipinski definition) is 12. The van der Waals surface area contributed by atoms with Crippen molar-refractivity contribution in [1.29, 1.82) is 0 Å². The number of halogens is 3. The van der Waals surface area contributed by atoms with Gasteiger partial charge < -0.3 is 76.1 Å². The van der Waals surface area contributed by atoms with E-state index in [0.29, 0.717) is 40.2 Å². The Bertz CT molecular complexity index is 6040. The minimum atomic E-state index is -3.47. The lowest BCUT2D eigenvalue weighted by molar-refractivity contribution is -0.0629. The van der Waals surface area contributed by atoms with E-state index in [4.69, 9.17) is 54.0 Å². The van der Waals surface area contributed by atoms with Crippen molar-refractivity contribution >= 4 is 86.2 Å². The van der Waals surface area contributed by atoms with Crippen molar-refractivity contribution in [3.63, 3.8) is 0 Å². The zero-order valence-corrected chi connectivity index (χ0v) is 60.2. The Balaban J connectivity index is 0.000000174. The highest BCUT2D eigenvalue weighted by atomic mass is 32.2. The Morgan fingerprint density at radius 2 is 0.796 bits per heavy atom. The van der Waals surface area contributed by atoms with Crippen molar-refractivity contribution in [1.82, 2.24) is 74.9 Å². The molecule has 0 saturated heterocycles. The Kier molecular flexibility index (Phi) is 16.2. The van der Waals surface area contributed by atoms with Gasteiger partial charge in [-0.25, -0.2) is 57.1 Å². The highest BCUT2D eigenvalue weighted by molar-refractivity contribution is 7.99. The summed E-state index contributed by atoms with van der Waals surface area (Å²) in [6, 6.07) is 2.46. The predicted molar refractivity (Wildman–Crippen MR) is 398 cm³/mol. The van der Waals surface area contributed by atoms with Crippen molar-refractivity contribution in [3.05, 3.63) is 105 Å². The summed E-state index contributed by atoms with van der Waals surface area (Å²) >= 11 is 0.881. The fourth-order valence-electron chi connectivity index (χ4n) is 12.4. The van der Waals surface area contributed by atoms with Crippen LogP contribution in [0.5, 0.6) is 0 Å². The number of rotatable bonds is 30. The Hall–Kier alpha value is -7.14. The van der Waals surface area contributed by atoms with Crippen molar-refractivity contribution in [2.75, 3.05) is 72.5 Å². The van der Waals surface area contributed by atoms with Gasteiger partial charge in [0, 0.05) is 96.9 Å². The van der Waals surface area contributed by atoms with Crippen LogP contribution in [0.1, 0.15) is 187 Å². The van der Waals surface area contributed by atoms with E-state index in [2.05, 4.69) is 76.8 Å². The highest BCUT2D eigenvalue weighted by Crippen LogP contribution is 2.48. The SMILES string of the molecule is [2H]C([2H])(C)C([2H])([2H])Sc1nc(N[C@@]2([2H])[C@H](c3ccc(C)c(F)c3)C2([2H])[2H])c2nnn([C@@H]3C[C@H](OC([2H])([2H])C([2H])([2H])O)[C@@H](O)[C@H]3O)c2n1.[2H]C([2H])(CO)O[C@H]1C[C@@H](n2nnc3c(N[C@@]4([2H])[C@H](c5ccc(C)c(F)c5)C4([2H])[2H])nc(SC([2H])([2H])C([2H])([2H])C)nc32)[C@H](O)[C@@H]1O.[2H]C([2H])(O)CO[C@H]1C[C@@H](n2nnc3c(N[C@@]4([2H])[C@H](c5ccc(C)c(F)c5)C4([2H])[2H])nc(SC([2H])([2H])C([2H])([2H])C)nc32)[C@H](O)[C@@H]1O. The third kappa shape index (κ3) is 17.5. The number of fused-ring (bicyclic) bond motifs is 3. The van der Waals surface area contributed by atoms with Crippen LogP contribution in [0.4, 0.5) is 30.6 Å². The molecule has 0 amide bonds. The summed E-state index contributed by atoms with van der Waals surface area (Å²) in [6.07, 6.45) is -28.5. The van der Waals surface area contributed by atoms with Gasteiger partial charge in [0.2, 0.25) is 0 Å². The first-order valence-corrected chi connectivity index (χ1v) is 35.7. The van der Waals surface area contributed by atoms with Crippen molar-refractivity contribution in [2.24, 2.45) is 0 Å². The Labute approximate surface area is 674 Å². The molecule has 0 spiro atoms. The summed E-state index contributed by atoms with van der Waals surface area (Å²) in [5.41, 5.74) is -7.18. The molecule has 6 fully saturated rings. The molecule has 0 unspecified atom stereocenters. The first-order valence-electron chi connectivity index (χ1n) is 47.7. The monoisotopic (exact) mass is 1580 g/mol. The molecule has 30 nitrogen and oxygen atoms in total. The first kappa shape index (κ1) is 50.0. The molecule has 18 atom stereocenters. The van der Waals surface area contributed by atoms with Crippen LogP contribution in [-0.4, -0.2) is 250 Å². The highest BCUT2D eigenvalue weighted by Gasteiger charge is 2.49. The average molecular weight is 1590 g/mol. The maximum atomic E-state index is 14.4. The van der Waals surface area contributed by atoms with Gasteiger partial charge in [-0.05, 0) is 111 Å². The second-order valence-corrected chi connectivity index (χ2v) is 27.4. The molecule has 6 heterocycles. The first-order chi connectivity index (χ1) is 62.5. The maximum Gasteiger partial charge on any atom is 0.191 e. The summed E-state index contributed by atoms with van der Waals surface area (Å²) in [4.78, 5) is 25.5. The Morgan fingerprint density at radius 3 is 1.09 bits per heavy atom. The van der Waals surface area contributed by atoms with Crippen molar-refractivity contribution in [2.45, 2.75) is 223 Å². The van der Waals surface area contributed by atoms with Crippen LogP contribution < -0.4 is 16.0 Å². The standard InChI is InChI=1S/3C24H31FN6O4S/c3*1-3-8-36-24-27-22(26-16-10-14(16)13-5-4-12(2)15(25)9-13)19-23(28-24)31(30-29-19)17-11-18(35-7-6-32)21(34)20(17)33/h3*4-5,9,14,16-18,20-21,32-34H,3,6-8,10-11H2,1-2H3,(H,26,27,28)/t3*14-,16+,17+,18-,20-,21+/m000/s1/i3D2,6D2,7D2,8D2,10D2,16D;3D2,7D2,8D2,10D2,16D;3D2,6D2,8D2,10D2,16D. The second-order valence-electron chi connectivity index (χ2n) is 25.1. The third-order valence-corrected chi connectivity index (χ3v) is 20.2. The summed E-state index contributed by atoms with van der Waals surface area (Å²) in [6.45, 7) is -6.15. The molecule has 9 aromatic rings. The second kappa shape index (κ2) is 35.1. The van der Waals surface area contributed by atoms with E-state index in [-0.39, 0.29) is 103 Å². The van der Waals surface area contributed by atoms with Gasteiger partial charge in [-0.2, -0.15) is 0 Å². The van der Waals surface area contributed by atoms with Gasteiger partial charge in [0.25, 0.3) is 0 Å². The predicted octanol–water partition coefficient (Wildman–Crippen LogP) is 6.55. The molecule has 36 heteroatoms. The third-order valence-electron chi connectivity index (χ3n) is 18.2. The molecule has 15 rings (SSSR count). The molecular weight excluding hydrogens is 1460 g/mol. The van der Waals surface area contributed by atoms with Crippen LogP contribution in [0.3, 0.4) is 0 Å². The number of benzene rings is 3. The van der Waals surface area contributed by atoms with Crippen molar-refractivity contribution in [3.8, 4) is 0 Å². The molecule has 12 N–H and O–H groups in total. The number of aryl methyl sites for hydroxylation is 3. The van der Waals surface area contributed by atoms with Crippen LogP contribution in [0.2, 0.25) is 0 Å². The van der Waals surface area contributed by atoms with Gasteiger partial charge in [-0.15, -0.1) is 15.3 Å². The molecule has 0 aliphatic heterocycles. The lowest BCUT2D eigenvalue weighted by atomic mass is 10.1. The number of aliphatic hydroxyl groups is 9. The summed E-state index contributed by atoms with van der Waals surface area (Å²) in [5, 5.41) is 124. The van der Waals surface area contributed by atoms with Crippen LogP contribution in [0.15, 0.2) is 70.1 Å². The average Bonchev–Trinajstić information content (AvgIpc) is 1.52. The number of aliphatic hydroxyl groups excluding tert-OH is 7. The minimum absolute atomic E-state index is 0.125. The van der Waals surface area contributed by atoms with E-state index < -0.39 is 233 Å². The molecule has 6 aliphatic carbocycles. The zero-order valence-electron chi connectivity index (χ0n) is 86.7. The van der Waals surface area contributed by atoms with Crippen molar-refractivity contribution < 1.29 is 113 Å². The summed E-state index contributed by atoms with van der Waals surface area (Å²) < 4.78 is 297. The van der Waals surface area contributed by atoms with Gasteiger partial charge in [-0.1, -0.05) is 108 Å². The zero-order chi connectivity index (χ0) is 102. The summed E-state index contributed by atoms with van der Waals surface area (Å²) in [5.74, 6) is -6.14. The molecular formula is C72H93F3N18O12S3. The van der Waals surface area contributed by atoms with Gasteiger partial charge in [0.15, 0.2) is 66.4 Å². The number of hydrogen-bond acceptors (Lipinski definition) is 30. The number of thioether (sulfide) groups is 3. The molecule has 6 aliphatic rings. The lowest BCUT2D eigenvalue weighted by Gasteiger charge is -2.17. The molecule has 0 radical (unpaired) electrons. The molecule has 6 saturated carbocycles. The van der Waals surface area contributed by atoms with Crippen LogP contribution >= 0.6 is 35.3 Å². The van der Waals surface area contributed by atoms with Gasteiger partial charge in [0.1, 0.15) is 54.1 Å². The number of ether oxygens (including phenoxy) is 3. The van der Waals surface area contributed by atoms with Crippen LogP contribution in [0.25, 0.3) is 33.5 Å². The normalized spacial score (nSPS) is 36.4. The topological polar surface area (TPSA) is 415 Å². The quantitative estimate of drug-likeness (QED) is 0.0168.